The highest BCUT2D eigenvalue weighted by atomic mass is 14.5. The van der Waals surface area contributed by atoms with Gasteiger partial charge in [-0.2, -0.15) is 0 Å². The van der Waals surface area contributed by atoms with Crippen molar-refractivity contribution in [3.05, 3.63) is 22.8 Å². The standard InChI is InChI=1S/C11H19N/c1-3-9-5-6-10(4-2)11(7-9)8-12/h7H,3-6,8,12H2,1-2H3. The van der Waals surface area contributed by atoms with Crippen molar-refractivity contribution in [3.63, 3.8) is 0 Å². The lowest BCUT2D eigenvalue weighted by Gasteiger charge is -2.17. The third-order valence-electron chi connectivity index (χ3n) is 2.68. The van der Waals surface area contributed by atoms with E-state index in [0.29, 0.717) is 6.54 Å². The molecule has 68 valence electrons. The van der Waals surface area contributed by atoms with Crippen LogP contribution >= 0.6 is 0 Å². The Bertz CT molecular complexity index is 211. The molecule has 1 rings (SSSR count). The lowest BCUT2D eigenvalue weighted by Crippen LogP contribution is -2.08. The summed E-state index contributed by atoms with van der Waals surface area (Å²) in [5, 5.41) is 0. The Balaban J connectivity index is 2.81. The van der Waals surface area contributed by atoms with Crippen LogP contribution < -0.4 is 5.73 Å². The van der Waals surface area contributed by atoms with Crippen molar-refractivity contribution in [3.8, 4) is 0 Å². The van der Waals surface area contributed by atoms with Gasteiger partial charge in [0.05, 0.1) is 0 Å². The smallest absolute Gasteiger partial charge is 0.0177 e. The molecule has 0 amide bonds. The number of hydrogen-bond acceptors (Lipinski definition) is 1. The third-order valence-corrected chi connectivity index (χ3v) is 2.68. The predicted molar refractivity (Wildman–Crippen MR) is 54.0 cm³/mol. The van der Waals surface area contributed by atoms with Crippen LogP contribution in [0.1, 0.15) is 39.5 Å². The first kappa shape index (κ1) is 9.53. The number of allylic oxidation sites excluding steroid dienone is 2. The molecule has 0 saturated carbocycles. The molecule has 2 N–H and O–H groups in total. The molecule has 0 aromatic heterocycles. The molecular formula is C11H19N. The largest absolute Gasteiger partial charge is 0.326 e. The number of nitrogens with two attached hydrogens (primary N) is 1. The maximum atomic E-state index is 5.68. The van der Waals surface area contributed by atoms with Gasteiger partial charge in [-0.3, -0.25) is 0 Å². The Labute approximate surface area is 75.3 Å². The van der Waals surface area contributed by atoms with E-state index in [2.05, 4.69) is 19.9 Å². The minimum Gasteiger partial charge on any atom is -0.326 e. The first-order valence-electron chi connectivity index (χ1n) is 4.92. The van der Waals surface area contributed by atoms with Crippen LogP contribution in [0.3, 0.4) is 0 Å². The van der Waals surface area contributed by atoms with Crippen molar-refractivity contribution in [2.24, 2.45) is 5.73 Å². The molecule has 0 saturated heterocycles. The Morgan fingerprint density at radius 3 is 2.50 bits per heavy atom. The zero-order chi connectivity index (χ0) is 8.97. The highest BCUT2D eigenvalue weighted by Gasteiger charge is 2.09. The zero-order valence-electron chi connectivity index (χ0n) is 8.19. The van der Waals surface area contributed by atoms with E-state index < -0.39 is 0 Å². The molecule has 0 fully saturated rings. The second-order valence-electron chi connectivity index (χ2n) is 3.34. The maximum absolute atomic E-state index is 5.68. The molecule has 0 radical (unpaired) electrons. The molecule has 1 aliphatic rings. The van der Waals surface area contributed by atoms with Gasteiger partial charge >= 0.3 is 0 Å². The minimum absolute atomic E-state index is 0.715. The van der Waals surface area contributed by atoms with Crippen molar-refractivity contribution < 1.29 is 0 Å². The molecule has 12 heavy (non-hydrogen) atoms. The van der Waals surface area contributed by atoms with E-state index in [1.54, 1.807) is 11.1 Å². The summed E-state index contributed by atoms with van der Waals surface area (Å²) < 4.78 is 0. The highest BCUT2D eigenvalue weighted by Crippen LogP contribution is 2.26. The Morgan fingerprint density at radius 1 is 1.25 bits per heavy atom. The summed E-state index contributed by atoms with van der Waals surface area (Å²) in [5.74, 6) is 0. The summed E-state index contributed by atoms with van der Waals surface area (Å²) in [6.45, 7) is 5.15. The molecule has 0 aliphatic heterocycles. The highest BCUT2D eigenvalue weighted by molar-refractivity contribution is 5.34. The summed E-state index contributed by atoms with van der Waals surface area (Å²) >= 11 is 0. The molecule has 1 aliphatic carbocycles. The van der Waals surface area contributed by atoms with Gasteiger partial charge < -0.3 is 5.73 Å². The average molecular weight is 165 g/mol. The molecule has 0 heterocycles. The topological polar surface area (TPSA) is 26.0 Å². The van der Waals surface area contributed by atoms with Gasteiger partial charge in [-0.05, 0) is 31.3 Å². The van der Waals surface area contributed by atoms with E-state index in [9.17, 15) is 0 Å². The van der Waals surface area contributed by atoms with Crippen LogP contribution in [-0.2, 0) is 0 Å². The zero-order valence-corrected chi connectivity index (χ0v) is 8.19. The normalized spacial score (nSPS) is 18.1. The van der Waals surface area contributed by atoms with Gasteiger partial charge in [0, 0.05) is 6.54 Å². The fourth-order valence-electron chi connectivity index (χ4n) is 1.78. The second-order valence-corrected chi connectivity index (χ2v) is 3.34. The Kier molecular flexibility index (Phi) is 3.54. The molecule has 0 spiro atoms. The van der Waals surface area contributed by atoms with E-state index in [0.717, 1.165) is 0 Å². The summed E-state index contributed by atoms with van der Waals surface area (Å²) in [4.78, 5) is 0. The number of rotatable bonds is 3. The monoisotopic (exact) mass is 165 g/mol. The molecule has 0 unspecified atom stereocenters. The Morgan fingerprint density at radius 2 is 2.00 bits per heavy atom. The van der Waals surface area contributed by atoms with Gasteiger partial charge in [-0.25, -0.2) is 0 Å². The van der Waals surface area contributed by atoms with Crippen molar-refractivity contribution in [1.29, 1.82) is 0 Å². The van der Waals surface area contributed by atoms with Crippen LogP contribution in [0.15, 0.2) is 22.8 Å². The van der Waals surface area contributed by atoms with Gasteiger partial charge in [0.15, 0.2) is 0 Å². The minimum atomic E-state index is 0.715. The van der Waals surface area contributed by atoms with E-state index in [1.165, 1.54) is 31.3 Å². The summed E-state index contributed by atoms with van der Waals surface area (Å²) in [7, 11) is 0. The summed E-state index contributed by atoms with van der Waals surface area (Å²) in [5.41, 5.74) is 10.2. The van der Waals surface area contributed by atoms with E-state index >= 15 is 0 Å². The van der Waals surface area contributed by atoms with Crippen LogP contribution in [0.5, 0.6) is 0 Å². The molecular weight excluding hydrogens is 146 g/mol. The van der Waals surface area contributed by atoms with Crippen molar-refractivity contribution >= 4 is 0 Å². The van der Waals surface area contributed by atoms with Gasteiger partial charge in [0.2, 0.25) is 0 Å². The third kappa shape index (κ3) is 1.98. The van der Waals surface area contributed by atoms with Crippen LogP contribution in [0.25, 0.3) is 0 Å². The fourth-order valence-corrected chi connectivity index (χ4v) is 1.78. The fraction of sp³-hybridized carbons (Fsp3) is 0.636. The molecule has 1 heteroatoms. The van der Waals surface area contributed by atoms with Crippen molar-refractivity contribution in [2.45, 2.75) is 39.5 Å². The van der Waals surface area contributed by atoms with Gasteiger partial charge in [0.1, 0.15) is 0 Å². The Hall–Kier alpha value is -0.560. The van der Waals surface area contributed by atoms with Crippen LogP contribution in [-0.4, -0.2) is 6.54 Å². The van der Waals surface area contributed by atoms with Crippen LogP contribution in [0.4, 0.5) is 0 Å². The predicted octanol–water partition coefficient (Wildman–Crippen LogP) is 2.78. The quantitative estimate of drug-likeness (QED) is 0.683. The van der Waals surface area contributed by atoms with E-state index in [1.807, 2.05) is 0 Å². The van der Waals surface area contributed by atoms with Gasteiger partial charge in [-0.15, -0.1) is 0 Å². The van der Waals surface area contributed by atoms with Crippen molar-refractivity contribution in [2.75, 3.05) is 6.54 Å². The molecule has 0 aromatic carbocycles. The first-order valence-corrected chi connectivity index (χ1v) is 4.92. The molecule has 1 nitrogen and oxygen atoms in total. The lowest BCUT2D eigenvalue weighted by atomic mass is 9.90. The number of hydrogen-bond donors (Lipinski definition) is 1. The van der Waals surface area contributed by atoms with E-state index in [4.69, 9.17) is 5.73 Å². The van der Waals surface area contributed by atoms with Gasteiger partial charge in [0.25, 0.3) is 0 Å². The lowest BCUT2D eigenvalue weighted by molar-refractivity contribution is 0.801. The molecule has 0 bridgehead atoms. The maximum Gasteiger partial charge on any atom is 0.0177 e. The summed E-state index contributed by atoms with van der Waals surface area (Å²) in [6.07, 6.45) is 7.15. The molecule has 0 aromatic rings. The van der Waals surface area contributed by atoms with Gasteiger partial charge in [-0.1, -0.05) is 31.1 Å². The van der Waals surface area contributed by atoms with E-state index in [-0.39, 0.29) is 0 Å². The van der Waals surface area contributed by atoms with Crippen LogP contribution in [0, 0.1) is 0 Å². The average Bonchev–Trinajstić information content (AvgIpc) is 2.16. The first-order chi connectivity index (χ1) is 5.81. The molecule has 0 atom stereocenters. The SMILES string of the molecule is CCC1=CC(CN)=C(CC)CC1. The summed E-state index contributed by atoms with van der Waals surface area (Å²) in [6, 6.07) is 0. The van der Waals surface area contributed by atoms with Crippen molar-refractivity contribution in [1.82, 2.24) is 0 Å². The second kappa shape index (κ2) is 4.46. The van der Waals surface area contributed by atoms with Crippen LogP contribution in [0.2, 0.25) is 0 Å².